The van der Waals surface area contributed by atoms with Gasteiger partial charge in [0.25, 0.3) is 0 Å². The molecule has 0 spiro atoms. The Morgan fingerprint density at radius 1 is 1.54 bits per heavy atom. The van der Waals surface area contributed by atoms with Crippen molar-refractivity contribution in [3.8, 4) is 0 Å². The molecule has 0 radical (unpaired) electrons. The Hall–Kier alpha value is -0.940. The van der Waals surface area contributed by atoms with Crippen LogP contribution in [0.1, 0.15) is 6.42 Å². The predicted octanol–water partition coefficient (Wildman–Crippen LogP) is -0.388. The van der Waals surface area contributed by atoms with Crippen molar-refractivity contribution < 1.29 is 19.2 Å². The largest absolute Gasteiger partial charge is 0.468 e. The second kappa shape index (κ2) is 4.34. The molecule has 1 rings (SSSR count). The SMILES string of the molecule is COC(=O)C1CN(OC)CCC1=O. The number of esters is 1. The lowest BCUT2D eigenvalue weighted by Gasteiger charge is -2.27. The molecule has 1 fully saturated rings. The molecule has 1 aliphatic rings. The maximum absolute atomic E-state index is 11.3. The van der Waals surface area contributed by atoms with Gasteiger partial charge in [-0.05, 0) is 0 Å². The summed E-state index contributed by atoms with van der Waals surface area (Å²) in [7, 11) is 2.80. The van der Waals surface area contributed by atoms with Crippen molar-refractivity contribution in [2.24, 2.45) is 5.92 Å². The van der Waals surface area contributed by atoms with Crippen LogP contribution in [0.5, 0.6) is 0 Å². The second-order valence-corrected chi connectivity index (χ2v) is 2.86. The van der Waals surface area contributed by atoms with Gasteiger partial charge in [-0.3, -0.25) is 9.59 Å². The zero-order valence-corrected chi connectivity index (χ0v) is 7.78. The van der Waals surface area contributed by atoms with Gasteiger partial charge < -0.3 is 9.57 Å². The fourth-order valence-corrected chi connectivity index (χ4v) is 1.32. The zero-order valence-electron chi connectivity index (χ0n) is 7.78. The van der Waals surface area contributed by atoms with E-state index in [9.17, 15) is 9.59 Å². The Balaban J connectivity index is 2.59. The van der Waals surface area contributed by atoms with E-state index in [2.05, 4.69) is 4.74 Å². The molecule has 13 heavy (non-hydrogen) atoms. The van der Waals surface area contributed by atoms with Gasteiger partial charge in [0.15, 0.2) is 0 Å². The Labute approximate surface area is 76.6 Å². The van der Waals surface area contributed by atoms with Crippen molar-refractivity contribution in [2.45, 2.75) is 6.42 Å². The van der Waals surface area contributed by atoms with E-state index in [0.717, 1.165) is 0 Å². The van der Waals surface area contributed by atoms with E-state index in [-0.39, 0.29) is 5.78 Å². The number of carbonyl (C=O) groups is 2. The summed E-state index contributed by atoms with van der Waals surface area (Å²) in [4.78, 5) is 27.3. The highest BCUT2D eigenvalue weighted by Crippen LogP contribution is 2.13. The van der Waals surface area contributed by atoms with E-state index >= 15 is 0 Å². The molecule has 5 nitrogen and oxygen atoms in total. The molecule has 1 heterocycles. The first kappa shape index (κ1) is 10.1. The monoisotopic (exact) mass is 187 g/mol. The predicted molar refractivity (Wildman–Crippen MR) is 43.7 cm³/mol. The van der Waals surface area contributed by atoms with Crippen LogP contribution in [0.25, 0.3) is 0 Å². The van der Waals surface area contributed by atoms with Crippen LogP contribution in [0, 0.1) is 5.92 Å². The number of rotatable bonds is 2. The highest BCUT2D eigenvalue weighted by molar-refractivity contribution is 5.99. The summed E-state index contributed by atoms with van der Waals surface area (Å²) in [6.07, 6.45) is 0.341. The number of ether oxygens (including phenoxy) is 1. The van der Waals surface area contributed by atoms with E-state index in [1.165, 1.54) is 14.2 Å². The van der Waals surface area contributed by atoms with Crippen molar-refractivity contribution in [3.05, 3.63) is 0 Å². The average molecular weight is 187 g/mol. The molecule has 0 bridgehead atoms. The fourth-order valence-electron chi connectivity index (χ4n) is 1.32. The summed E-state index contributed by atoms with van der Waals surface area (Å²) in [5.41, 5.74) is 0. The number of piperidine rings is 1. The summed E-state index contributed by atoms with van der Waals surface area (Å²) in [6, 6.07) is 0. The molecule has 0 saturated carbocycles. The average Bonchev–Trinajstić information content (AvgIpc) is 2.17. The Kier molecular flexibility index (Phi) is 3.39. The van der Waals surface area contributed by atoms with Crippen LogP contribution in [0.15, 0.2) is 0 Å². The molecular formula is C8H13NO4. The number of Topliss-reactive ketones (excluding diaryl/α,β-unsaturated/α-hetero) is 1. The molecule has 1 atom stereocenters. The standard InChI is InChI=1S/C8H13NO4/c1-12-8(11)6-5-9(13-2)4-3-7(6)10/h6H,3-5H2,1-2H3. The highest BCUT2D eigenvalue weighted by atomic mass is 16.7. The quantitative estimate of drug-likeness (QED) is 0.435. The molecule has 1 saturated heterocycles. The molecule has 0 N–H and O–H groups in total. The van der Waals surface area contributed by atoms with Gasteiger partial charge in [-0.15, -0.1) is 0 Å². The topological polar surface area (TPSA) is 55.8 Å². The summed E-state index contributed by atoms with van der Waals surface area (Å²) in [6.45, 7) is 0.838. The number of ketones is 1. The molecular weight excluding hydrogens is 174 g/mol. The van der Waals surface area contributed by atoms with E-state index in [4.69, 9.17) is 4.84 Å². The lowest BCUT2D eigenvalue weighted by Crippen LogP contribution is -2.44. The van der Waals surface area contributed by atoms with Crippen LogP contribution in [0.4, 0.5) is 0 Å². The minimum absolute atomic E-state index is 0.0693. The number of hydroxylamine groups is 2. The summed E-state index contributed by atoms with van der Waals surface area (Å²) in [5.74, 6) is -1.23. The molecule has 74 valence electrons. The fraction of sp³-hybridized carbons (Fsp3) is 0.750. The van der Waals surface area contributed by atoms with Gasteiger partial charge in [-0.2, -0.15) is 5.06 Å². The van der Waals surface area contributed by atoms with Gasteiger partial charge >= 0.3 is 5.97 Å². The Morgan fingerprint density at radius 2 is 2.23 bits per heavy atom. The number of methoxy groups -OCH3 is 1. The molecule has 0 amide bonds. The van der Waals surface area contributed by atoms with Crippen molar-refractivity contribution in [3.63, 3.8) is 0 Å². The third-order valence-electron chi connectivity index (χ3n) is 2.13. The lowest BCUT2D eigenvalue weighted by molar-refractivity contribution is -0.175. The first-order chi connectivity index (χ1) is 6.19. The summed E-state index contributed by atoms with van der Waals surface area (Å²) >= 11 is 0. The van der Waals surface area contributed by atoms with Gasteiger partial charge in [0.2, 0.25) is 0 Å². The normalized spacial score (nSPS) is 24.5. The van der Waals surface area contributed by atoms with Gasteiger partial charge in [0, 0.05) is 19.5 Å². The van der Waals surface area contributed by atoms with Crippen LogP contribution < -0.4 is 0 Å². The van der Waals surface area contributed by atoms with Crippen molar-refractivity contribution in [1.82, 2.24) is 5.06 Å². The van der Waals surface area contributed by atoms with Crippen LogP contribution in [0.2, 0.25) is 0 Å². The van der Waals surface area contributed by atoms with Gasteiger partial charge in [-0.1, -0.05) is 0 Å². The first-order valence-corrected chi connectivity index (χ1v) is 4.08. The maximum atomic E-state index is 11.3. The molecule has 5 heteroatoms. The van der Waals surface area contributed by atoms with Gasteiger partial charge in [0.05, 0.1) is 14.2 Å². The molecule has 1 aliphatic heterocycles. The number of carbonyl (C=O) groups excluding carboxylic acids is 2. The maximum Gasteiger partial charge on any atom is 0.317 e. The van der Waals surface area contributed by atoms with Crippen LogP contribution in [-0.2, 0) is 19.2 Å². The molecule has 0 aromatic rings. The second-order valence-electron chi connectivity index (χ2n) is 2.86. The number of hydrogen-bond donors (Lipinski definition) is 0. The number of hydrogen-bond acceptors (Lipinski definition) is 5. The van der Waals surface area contributed by atoms with Crippen molar-refractivity contribution in [1.29, 1.82) is 0 Å². The van der Waals surface area contributed by atoms with Crippen molar-refractivity contribution in [2.75, 3.05) is 27.3 Å². The third kappa shape index (κ3) is 2.26. The van der Waals surface area contributed by atoms with E-state index in [1.54, 1.807) is 5.06 Å². The van der Waals surface area contributed by atoms with E-state index in [1.807, 2.05) is 0 Å². The van der Waals surface area contributed by atoms with Gasteiger partial charge in [0.1, 0.15) is 11.7 Å². The minimum Gasteiger partial charge on any atom is -0.468 e. The van der Waals surface area contributed by atoms with Crippen molar-refractivity contribution >= 4 is 11.8 Å². The summed E-state index contributed by atoms with van der Waals surface area (Å²) < 4.78 is 4.51. The van der Waals surface area contributed by atoms with Gasteiger partial charge in [-0.25, -0.2) is 0 Å². The minimum atomic E-state index is -0.682. The zero-order chi connectivity index (χ0) is 9.84. The molecule has 0 aliphatic carbocycles. The van der Waals surface area contributed by atoms with Crippen LogP contribution >= 0.6 is 0 Å². The molecule has 0 aromatic heterocycles. The molecule has 1 unspecified atom stereocenters. The Morgan fingerprint density at radius 3 is 2.77 bits per heavy atom. The van der Waals surface area contributed by atoms with E-state index < -0.39 is 11.9 Å². The third-order valence-corrected chi connectivity index (χ3v) is 2.13. The summed E-state index contributed by atoms with van der Waals surface area (Å²) in [5, 5.41) is 1.59. The highest BCUT2D eigenvalue weighted by Gasteiger charge is 2.33. The first-order valence-electron chi connectivity index (χ1n) is 4.08. The molecule has 0 aromatic carbocycles. The van der Waals surface area contributed by atoms with Crippen LogP contribution in [0.3, 0.4) is 0 Å². The van der Waals surface area contributed by atoms with Crippen LogP contribution in [-0.4, -0.2) is 44.1 Å². The Bertz CT molecular complexity index is 208. The smallest absolute Gasteiger partial charge is 0.317 e. The van der Waals surface area contributed by atoms with E-state index in [0.29, 0.717) is 19.5 Å². The lowest BCUT2D eigenvalue weighted by atomic mass is 9.98. The number of nitrogens with zero attached hydrogens (tertiary/aromatic N) is 1.